The molecule has 0 amide bonds. The zero-order valence-corrected chi connectivity index (χ0v) is 12.0. The van der Waals surface area contributed by atoms with Crippen LogP contribution in [0, 0.1) is 10.5 Å². The van der Waals surface area contributed by atoms with Crippen molar-refractivity contribution in [3.05, 3.63) is 43.7 Å². The highest BCUT2D eigenvalue weighted by Gasteiger charge is 2.06. The van der Waals surface area contributed by atoms with Gasteiger partial charge in [0.1, 0.15) is 5.15 Å². The molecule has 0 fully saturated rings. The van der Waals surface area contributed by atoms with Crippen LogP contribution in [-0.4, -0.2) is 9.97 Å². The summed E-state index contributed by atoms with van der Waals surface area (Å²) in [5.41, 5.74) is 1.90. The molecule has 0 atom stereocenters. The largest absolute Gasteiger partial charge is 0.235 e. The lowest BCUT2D eigenvalue weighted by molar-refractivity contribution is 1.16. The highest BCUT2D eigenvalue weighted by atomic mass is 127. The van der Waals surface area contributed by atoms with Crippen molar-refractivity contribution in [1.82, 2.24) is 9.97 Å². The second-order valence-electron chi connectivity index (χ2n) is 3.30. The quantitative estimate of drug-likeness (QED) is 0.554. The van der Waals surface area contributed by atoms with E-state index in [1.807, 2.05) is 25.1 Å². The fourth-order valence-electron chi connectivity index (χ4n) is 1.22. The number of benzene rings is 1. The van der Waals surface area contributed by atoms with Crippen molar-refractivity contribution in [2.45, 2.75) is 6.92 Å². The summed E-state index contributed by atoms with van der Waals surface area (Å²) in [6.07, 6.45) is 1.69. The molecule has 0 saturated carbocycles. The lowest BCUT2D eigenvalue weighted by Crippen LogP contribution is -1.91. The highest BCUT2D eigenvalue weighted by Crippen LogP contribution is 2.24. The van der Waals surface area contributed by atoms with E-state index < -0.39 is 0 Å². The molecule has 0 saturated heterocycles. The van der Waals surface area contributed by atoms with Crippen molar-refractivity contribution in [1.29, 1.82) is 0 Å². The van der Waals surface area contributed by atoms with Gasteiger partial charge in [0.25, 0.3) is 0 Å². The van der Waals surface area contributed by atoms with E-state index in [2.05, 4.69) is 32.6 Å². The van der Waals surface area contributed by atoms with Gasteiger partial charge in [-0.05, 0) is 41.1 Å². The molecule has 2 rings (SSSR count). The fourth-order valence-corrected chi connectivity index (χ4v) is 1.79. The van der Waals surface area contributed by atoms with Crippen molar-refractivity contribution in [2.24, 2.45) is 0 Å². The second-order valence-corrected chi connectivity index (χ2v) is 5.22. The standard InChI is InChI=1S/C11H7Cl2IN2/c1-6-2-3-7(4-8(6)12)11-15-5-9(14)10(13)16-11/h2-5H,1H3. The Labute approximate surface area is 117 Å². The topological polar surface area (TPSA) is 25.8 Å². The molecule has 0 N–H and O–H groups in total. The summed E-state index contributed by atoms with van der Waals surface area (Å²) < 4.78 is 0.834. The van der Waals surface area contributed by atoms with E-state index in [-0.39, 0.29) is 0 Å². The first-order valence-corrected chi connectivity index (χ1v) is 6.36. The number of aromatic nitrogens is 2. The molecular weight excluding hydrogens is 358 g/mol. The first kappa shape index (κ1) is 12.1. The van der Waals surface area contributed by atoms with E-state index in [9.17, 15) is 0 Å². The molecule has 0 aliphatic carbocycles. The first-order chi connectivity index (χ1) is 7.58. The van der Waals surface area contributed by atoms with Crippen molar-refractivity contribution in [3.63, 3.8) is 0 Å². The number of halogens is 3. The van der Waals surface area contributed by atoms with Crippen molar-refractivity contribution >= 4 is 45.8 Å². The third-order valence-electron chi connectivity index (χ3n) is 2.13. The molecule has 2 aromatic rings. The van der Waals surface area contributed by atoms with Crippen LogP contribution in [0.1, 0.15) is 5.56 Å². The van der Waals surface area contributed by atoms with Crippen LogP contribution in [0.5, 0.6) is 0 Å². The molecule has 1 aromatic carbocycles. The average molecular weight is 365 g/mol. The molecule has 16 heavy (non-hydrogen) atoms. The van der Waals surface area contributed by atoms with Gasteiger partial charge < -0.3 is 0 Å². The molecule has 82 valence electrons. The maximum absolute atomic E-state index is 6.04. The summed E-state index contributed by atoms with van der Waals surface area (Å²) >= 11 is 14.1. The summed E-state index contributed by atoms with van der Waals surface area (Å²) in [6, 6.07) is 5.71. The van der Waals surface area contributed by atoms with Crippen molar-refractivity contribution < 1.29 is 0 Å². The average Bonchev–Trinajstić information content (AvgIpc) is 2.26. The smallest absolute Gasteiger partial charge is 0.160 e. The lowest BCUT2D eigenvalue weighted by atomic mass is 10.1. The molecule has 0 radical (unpaired) electrons. The number of hydrogen-bond donors (Lipinski definition) is 0. The minimum atomic E-state index is 0.460. The van der Waals surface area contributed by atoms with Gasteiger partial charge in [0.15, 0.2) is 5.82 Å². The highest BCUT2D eigenvalue weighted by molar-refractivity contribution is 14.1. The molecule has 0 aliphatic rings. The van der Waals surface area contributed by atoms with E-state index >= 15 is 0 Å². The number of nitrogens with zero attached hydrogens (tertiary/aromatic N) is 2. The van der Waals surface area contributed by atoms with E-state index in [1.165, 1.54) is 0 Å². The van der Waals surface area contributed by atoms with Crippen LogP contribution in [0.15, 0.2) is 24.4 Å². The molecule has 0 spiro atoms. The van der Waals surface area contributed by atoms with Gasteiger partial charge in [-0.1, -0.05) is 35.3 Å². The molecule has 0 bridgehead atoms. The summed E-state index contributed by atoms with van der Waals surface area (Å²) in [5.74, 6) is 0.590. The van der Waals surface area contributed by atoms with Crippen molar-refractivity contribution in [3.8, 4) is 11.4 Å². The van der Waals surface area contributed by atoms with E-state index in [0.29, 0.717) is 16.0 Å². The Balaban J connectivity index is 2.50. The van der Waals surface area contributed by atoms with Crippen LogP contribution in [0.25, 0.3) is 11.4 Å². The van der Waals surface area contributed by atoms with Crippen LogP contribution in [-0.2, 0) is 0 Å². The van der Waals surface area contributed by atoms with Gasteiger partial charge in [0, 0.05) is 16.8 Å². The molecule has 0 unspecified atom stereocenters. The maximum atomic E-state index is 6.04. The van der Waals surface area contributed by atoms with Gasteiger partial charge in [-0.2, -0.15) is 0 Å². The first-order valence-electron chi connectivity index (χ1n) is 4.52. The predicted molar refractivity (Wildman–Crippen MR) is 74.9 cm³/mol. The fraction of sp³-hybridized carbons (Fsp3) is 0.0909. The monoisotopic (exact) mass is 364 g/mol. The lowest BCUT2D eigenvalue weighted by Gasteiger charge is -2.03. The normalized spacial score (nSPS) is 10.5. The Morgan fingerprint density at radius 1 is 1.25 bits per heavy atom. The minimum Gasteiger partial charge on any atom is -0.235 e. The zero-order valence-electron chi connectivity index (χ0n) is 8.34. The van der Waals surface area contributed by atoms with Gasteiger partial charge in [0.2, 0.25) is 0 Å². The molecule has 1 aromatic heterocycles. The van der Waals surface area contributed by atoms with Gasteiger partial charge >= 0.3 is 0 Å². The minimum absolute atomic E-state index is 0.460. The SMILES string of the molecule is Cc1ccc(-c2ncc(I)c(Cl)n2)cc1Cl. The van der Waals surface area contributed by atoms with Crippen molar-refractivity contribution in [2.75, 3.05) is 0 Å². The number of aryl methyl sites for hydroxylation is 1. The third kappa shape index (κ3) is 2.47. The number of rotatable bonds is 1. The van der Waals surface area contributed by atoms with Crippen LogP contribution < -0.4 is 0 Å². The Bertz CT molecular complexity index is 494. The van der Waals surface area contributed by atoms with Gasteiger partial charge in [-0.3, -0.25) is 0 Å². The predicted octanol–water partition coefficient (Wildman–Crippen LogP) is 4.36. The second kappa shape index (κ2) is 4.85. The van der Waals surface area contributed by atoms with Crippen LogP contribution >= 0.6 is 45.8 Å². The van der Waals surface area contributed by atoms with E-state index in [0.717, 1.165) is 14.7 Å². The Hall–Kier alpha value is -0.390. The van der Waals surface area contributed by atoms with Crippen LogP contribution in [0.3, 0.4) is 0 Å². The van der Waals surface area contributed by atoms with Gasteiger partial charge in [0.05, 0.1) is 3.57 Å². The molecule has 5 heteroatoms. The van der Waals surface area contributed by atoms with E-state index in [1.54, 1.807) is 6.20 Å². The Kier molecular flexibility index (Phi) is 3.66. The Morgan fingerprint density at radius 2 is 2.00 bits per heavy atom. The summed E-state index contributed by atoms with van der Waals surface area (Å²) in [4.78, 5) is 8.42. The summed E-state index contributed by atoms with van der Waals surface area (Å²) in [6.45, 7) is 1.95. The molecule has 2 nitrogen and oxygen atoms in total. The number of hydrogen-bond acceptors (Lipinski definition) is 2. The summed E-state index contributed by atoms with van der Waals surface area (Å²) in [5, 5.41) is 1.16. The third-order valence-corrected chi connectivity index (χ3v) is 3.93. The molecule has 0 aliphatic heterocycles. The zero-order chi connectivity index (χ0) is 11.7. The Morgan fingerprint density at radius 3 is 2.62 bits per heavy atom. The van der Waals surface area contributed by atoms with E-state index in [4.69, 9.17) is 23.2 Å². The maximum Gasteiger partial charge on any atom is 0.160 e. The molecular formula is C11H7Cl2IN2. The van der Waals surface area contributed by atoms with Crippen LogP contribution in [0.4, 0.5) is 0 Å². The molecule has 1 heterocycles. The summed E-state index contributed by atoms with van der Waals surface area (Å²) in [7, 11) is 0. The van der Waals surface area contributed by atoms with Gasteiger partial charge in [-0.25, -0.2) is 9.97 Å². The van der Waals surface area contributed by atoms with Gasteiger partial charge in [-0.15, -0.1) is 0 Å². The van der Waals surface area contributed by atoms with Crippen LogP contribution in [0.2, 0.25) is 10.2 Å².